The Balaban J connectivity index is 0.00000392. The van der Waals surface area contributed by atoms with Crippen LogP contribution < -0.4 is 10.6 Å². The number of aliphatic imine (C=N–C) groups is 1. The second kappa shape index (κ2) is 12.3. The summed E-state index contributed by atoms with van der Waals surface area (Å²) in [6, 6.07) is 10.0. The number of hydrogen-bond donors (Lipinski definition) is 2. The smallest absolute Gasteiger partial charge is 0.241 e. The van der Waals surface area contributed by atoms with Gasteiger partial charge in [-0.05, 0) is 0 Å². The van der Waals surface area contributed by atoms with E-state index in [1.807, 2.05) is 43.6 Å². The Hall–Kier alpha value is -2.14. The summed E-state index contributed by atoms with van der Waals surface area (Å²) >= 11 is 0. The molecule has 0 saturated heterocycles. The van der Waals surface area contributed by atoms with E-state index in [0.717, 1.165) is 16.8 Å². The fourth-order valence-corrected chi connectivity index (χ4v) is 2.42. The standard InChI is InChI=1S/C19H28N6O2.HI/c1-24(2)17(26)13-22-19(20-10-11-27-4)21-12-16-14-25(3)23-18(16)15-8-6-5-7-9-15;/h5-9,14H,10-13H2,1-4H3,(H2,20,21,22);1H. The van der Waals surface area contributed by atoms with Gasteiger partial charge in [0.1, 0.15) is 0 Å². The Morgan fingerprint density at radius 3 is 2.61 bits per heavy atom. The van der Waals surface area contributed by atoms with Crippen molar-refractivity contribution >= 4 is 35.8 Å². The monoisotopic (exact) mass is 500 g/mol. The molecule has 2 N–H and O–H groups in total. The molecule has 1 heterocycles. The summed E-state index contributed by atoms with van der Waals surface area (Å²) in [5, 5.41) is 10.8. The number of rotatable bonds is 8. The van der Waals surface area contributed by atoms with Gasteiger partial charge in [-0.1, -0.05) is 30.3 Å². The van der Waals surface area contributed by atoms with Crippen LogP contribution in [0, 0.1) is 0 Å². The van der Waals surface area contributed by atoms with Crippen molar-refractivity contribution in [2.24, 2.45) is 12.0 Å². The summed E-state index contributed by atoms with van der Waals surface area (Å²) in [5.41, 5.74) is 2.96. The van der Waals surface area contributed by atoms with Crippen molar-refractivity contribution in [3.63, 3.8) is 0 Å². The van der Waals surface area contributed by atoms with Crippen molar-refractivity contribution in [3.8, 4) is 11.3 Å². The fourth-order valence-electron chi connectivity index (χ4n) is 2.42. The number of aromatic nitrogens is 2. The normalized spacial score (nSPS) is 10.9. The zero-order chi connectivity index (χ0) is 19.6. The van der Waals surface area contributed by atoms with E-state index in [9.17, 15) is 4.79 Å². The second-order valence-electron chi connectivity index (χ2n) is 6.27. The summed E-state index contributed by atoms with van der Waals surface area (Å²) in [6.45, 7) is 1.75. The molecule has 9 heteroatoms. The van der Waals surface area contributed by atoms with Crippen LogP contribution in [0.15, 0.2) is 41.5 Å². The average Bonchev–Trinajstić information content (AvgIpc) is 3.04. The van der Waals surface area contributed by atoms with Gasteiger partial charge in [-0.2, -0.15) is 5.10 Å². The molecule has 0 bridgehead atoms. The molecule has 0 radical (unpaired) electrons. The molecule has 0 aliphatic carbocycles. The number of methoxy groups -OCH3 is 1. The lowest BCUT2D eigenvalue weighted by Gasteiger charge is -2.14. The third kappa shape index (κ3) is 7.47. The molecule has 28 heavy (non-hydrogen) atoms. The summed E-state index contributed by atoms with van der Waals surface area (Å²) in [5.74, 6) is 0.535. The van der Waals surface area contributed by atoms with E-state index >= 15 is 0 Å². The van der Waals surface area contributed by atoms with E-state index < -0.39 is 0 Å². The molecule has 8 nitrogen and oxygen atoms in total. The molecular formula is C19H29IN6O2. The third-order valence-corrected chi connectivity index (χ3v) is 3.86. The minimum atomic E-state index is -0.0254. The van der Waals surface area contributed by atoms with Crippen LogP contribution in [0.2, 0.25) is 0 Å². The number of halogens is 1. The van der Waals surface area contributed by atoms with Crippen molar-refractivity contribution in [1.29, 1.82) is 0 Å². The summed E-state index contributed by atoms with van der Waals surface area (Å²) in [7, 11) is 6.98. The molecule has 0 unspecified atom stereocenters. The molecule has 0 aliphatic heterocycles. The molecular weight excluding hydrogens is 471 g/mol. The number of likely N-dealkylation sites (N-methyl/N-ethyl adjacent to an activating group) is 1. The molecule has 1 amide bonds. The summed E-state index contributed by atoms with van der Waals surface area (Å²) in [4.78, 5) is 18.0. The Morgan fingerprint density at radius 1 is 1.25 bits per heavy atom. The van der Waals surface area contributed by atoms with Crippen LogP contribution in [-0.4, -0.2) is 67.4 Å². The molecule has 2 rings (SSSR count). The minimum absolute atomic E-state index is 0. The number of amides is 1. The lowest BCUT2D eigenvalue weighted by atomic mass is 10.1. The van der Waals surface area contributed by atoms with Crippen molar-refractivity contribution in [3.05, 3.63) is 42.1 Å². The maximum Gasteiger partial charge on any atom is 0.241 e. The first kappa shape index (κ1) is 23.9. The van der Waals surface area contributed by atoms with Crippen LogP contribution in [0.5, 0.6) is 0 Å². The largest absolute Gasteiger partial charge is 0.383 e. The molecule has 0 aliphatic rings. The number of hydrogen-bond acceptors (Lipinski definition) is 4. The molecule has 0 fully saturated rings. The van der Waals surface area contributed by atoms with E-state index in [1.165, 1.54) is 4.90 Å². The quantitative estimate of drug-likeness (QED) is 0.248. The van der Waals surface area contributed by atoms with Gasteiger partial charge in [0.2, 0.25) is 5.91 Å². The minimum Gasteiger partial charge on any atom is -0.383 e. The van der Waals surface area contributed by atoms with Crippen LogP contribution in [0.4, 0.5) is 0 Å². The van der Waals surface area contributed by atoms with Gasteiger partial charge in [0.25, 0.3) is 0 Å². The maximum atomic E-state index is 11.8. The van der Waals surface area contributed by atoms with E-state index in [0.29, 0.717) is 25.7 Å². The number of nitrogens with zero attached hydrogens (tertiary/aromatic N) is 4. The Kier molecular flexibility index (Phi) is 10.5. The van der Waals surface area contributed by atoms with E-state index in [2.05, 4.69) is 20.7 Å². The molecule has 1 aromatic heterocycles. The topological polar surface area (TPSA) is 83.8 Å². The van der Waals surface area contributed by atoms with Crippen molar-refractivity contribution < 1.29 is 9.53 Å². The molecule has 0 atom stereocenters. The highest BCUT2D eigenvalue weighted by molar-refractivity contribution is 14.0. The highest BCUT2D eigenvalue weighted by atomic mass is 127. The second-order valence-corrected chi connectivity index (χ2v) is 6.27. The number of carbonyl (C=O) groups excluding carboxylic acids is 1. The number of guanidine groups is 1. The Morgan fingerprint density at radius 2 is 1.96 bits per heavy atom. The van der Waals surface area contributed by atoms with Gasteiger partial charge in [0.05, 0.1) is 25.4 Å². The Labute approximate surface area is 183 Å². The van der Waals surface area contributed by atoms with Crippen molar-refractivity contribution in [2.75, 3.05) is 40.9 Å². The number of aryl methyl sites for hydroxylation is 1. The van der Waals surface area contributed by atoms with Crippen molar-refractivity contribution in [1.82, 2.24) is 25.3 Å². The van der Waals surface area contributed by atoms with Crippen LogP contribution in [0.25, 0.3) is 11.3 Å². The number of carbonyl (C=O) groups is 1. The number of benzene rings is 1. The highest BCUT2D eigenvalue weighted by Gasteiger charge is 2.11. The summed E-state index contributed by atoms with van der Waals surface area (Å²) in [6.07, 6.45) is 1.96. The first-order valence-electron chi connectivity index (χ1n) is 8.80. The zero-order valence-corrected chi connectivity index (χ0v) is 19.1. The SMILES string of the molecule is COCCNC(=NCc1cn(C)nc1-c1ccccc1)NCC(=O)N(C)C.I. The zero-order valence-electron chi connectivity index (χ0n) is 16.8. The van der Waals surface area contributed by atoms with Gasteiger partial charge in [-0.25, -0.2) is 4.99 Å². The fraction of sp³-hybridized carbons (Fsp3) is 0.421. The van der Waals surface area contributed by atoms with Crippen molar-refractivity contribution in [2.45, 2.75) is 6.54 Å². The van der Waals surface area contributed by atoms with Crippen LogP contribution in [0.1, 0.15) is 5.56 Å². The highest BCUT2D eigenvalue weighted by Crippen LogP contribution is 2.22. The molecule has 2 aromatic rings. The molecule has 0 spiro atoms. The lowest BCUT2D eigenvalue weighted by molar-refractivity contribution is -0.127. The predicted molar refractivity (Wildman–Crippen MR) is 122 cm³/mol. The predicted octanol–water partition coefficient (Wildman–Crippen LogP) is 1.47. The van der Waals surface area contributed by atoms with Gasteiger partial charge in [-0.3, -0.25) is 9.48 Å². The van der Waals surface area contributed by atoms with Gasteiger partial charge >= 0.3 is 0 Å². The number of nitrogens with one attached hydrogen (secondary N) is 2. The summed E-state index contributed by atoms with van der Waals surface area (Å²) < 4.78 is 6.85. The molecule has 1 aromatic carbocycles. The maximum absolute atomic E-state index is 11.8. The van der Waals surface area contributed by atoms with E-state index in [1.54, 1.807) is 25.9 Å². The Bertz CT molecular complexity index is 761. The van der Waals surface area contributed by atoms with E-state index in [-0.39, 0.29) is 36.4 Å². The average molecular weight is 500 g/mol. The third-order valence-electron chi connectivity index (χ3n) is 3.86. The van der Waals surface area contributed by atoms with Crippen LogP contribution in [0.3, 0.4) is 0 Å². The first-order valence-corrected chi connectivity index (χ1v) is 8.80. The number of ether oxygens (including phenoxy) is 1. The van der Waals surface area contributed by atoms with Gasteiger partial charge in [-0.15, -0.1) is 24.0 Å². The molecule has 0 saturated carbocycles. The van der Waals surface area contributed by atoms with Gasteiger partial charge < -0.3 is 20.3 Å². The lowest BCUT2D eigenvalue weighted by Crippen LogP contribution is -2.43. The van der Waals surface area contributed by atoms with Gasteiger partial charge in [0.15, 0.2) is 5.96 Å². The van der Waals surface area contributed by atoms with E-state index in [4.69, 9.17) is 4.74 Å². The first-order chi connectivity index (χ1) is 13.0. The molecule has 154 valence electrons. The van der Waals surface area contributed by atoms with Crippen LogP contribution >= 0.6 is 24.0 Å². The van der Waals surface area contributed by atoms with Crippen LogP contribution in [-0.2, 0) is 23.1 Å². The van der Waals surface area contributed by atoms with Gasteiger partial charge in [0, 0.05) is 52.1 Å².